The van der Waals surface area contributed by atoms with E-state index in [4.69, 9.17) is 9.47 Å². The van der Waals surface area contributed by atoms with Gasteiger partial charge in [0.2, 0.25) is 15.9 Å². The lowest BCUT2D eigenvalue weighted by Gasteiger charge is -2.31. The maximum absolute atomic E-state index is 13.0. The molecule has 8 heteroatoms. The number of rotatable bonds is 9. The Labute approximate surface area is 172 Å². The minimum absolute atomic E-state index is 0.292. The van der Waals surface area contributed by atoms with Crippen molar-refractivity contribution in [1.82, 2.24) is 5.32 Å². The first-order valence-electron chi connectivity index (χ1n) is 9.29. The number of carbonyl (C=O) groups excluding carboxylic acids is 1. The number of benzene rings is 2. The van der Waals surface area contributed by atoms with Crippen LogP contribution in [-0.4, -0.2) is 40.8 Å². The molecule has 2 aromatic carbocycles. The molecule has 158 valence electrons. The van der Waals surface area contributed by atoms with Crippen molar-refractivity contribution >= 4 is 21.6 Å². The first-order valence-corrected chi connectivity index (χ1v) is 11.1. The highest BCUT2D eigenvalue weighted by Gasteiger charge is 2.32. The van der Waals surface area contributed by atoms with Crippen LogP contribution < -0.4 is 19.1 Å². The summed E-state index contributed by atoms with van der Waals surface area (Å²) in [5, 5.41) is 2.92. The maximum atomic E-state index is 13.0. The number of amides is 1. The third kappa shape index (κ3) is 5.63. The van der Waals surface area contributed by atoms with Gasteiger partial charge >= 0.3 is 0 Å². The van der Waals surface area contributed by atoms with E-state index in [0.717, 1.165) is 21.9 Å². The van der Waals surface area contributed by atoms with Crippen LogP contribution in [-0.2, 0) is 14.8 Å². The molecule has 2 atom stereocenters. The Hall–Kier alpha value is -2.74. The van der Waals surface area contributed by atoms with Gasteiger partial charge in [0.05, 0.1) is 32.2 Å². The van der Waals surface area contributed by atoms with E-state index in [1.807, 2.05) is 31.2 Å². The van der Waals surface area contributed by atoms with Crippen LogP contribution in [0.5, 0.6) is 11.5 Å². The molecule has 2 rings (SSSR count). The Bertz CT molecular complexity index is 911. The fraction of sp³-hybridized carbons (Fsp3) is 0.381. The van der Waals surface area contributed by atoms with Crippen LogP contribution in [0.25, 0.3) is 0 Å². The van der Waals surface area contributed by atoms with Crippen LogP contribution in [0.4, 0.5) is 5.69 Å². The van der Waals surface area contributed by atoms with E-state index < -0.39 is 16.1 Å². The molecule has 29 heavy (non-hydrogen) atoms. The number of hydrogen-bond donors (Lipinski definition) is 1. The summed E-state index contributed by atoms with van der Waals surface area (Å²) < 4.78 is 36.5. The lowest BCUT2D eigenvalue weighted by atomic mass is 10.1. The van der Waals surface area contributed by atoms with E-state index in [-0.39, 0.29) is 11.9 Å². The van der Waals surface area contributed by atoms with E-state index >= 15 is 0 Å². The number of ether oxygens (including phenoxy) is 2. The molecule has 7 nitrogen and oxygen atoms in total. The van der Waals surface area contributed by atoms with Gasteiger partial charge in [-0.2, -0.15) is 0 Å². The molecule has 0 aliphatic rings. The number of methoxy groups -OCH3 is 2. The SMILES string of the molecule is CCC(C(=O)NC(C)c1ccc(OC)cc1)N(c1ccc(OC)cc1)S(C)(=O)=O. The Kier molecular flexibility index (Phi) is 7.50. The van der Waals surface area contributed by atoms with Gasteiger partial charge in [0.1, 0.15) is 17.5 Å². The third-order valence-electron chi connectivity index (χ3n) is 4.63. The number of anilines is 1. The molecular formula is C21H28N2O5S. The van der Waals surface area contributed by atoms with E-state index in [1.54, 1.807) is 38.3 Å². The van der Waals surface area contributed by atoms with Crippen LogP contribution in [0.2, 0.25) is 0 Å². The summed E-state index contributed by atoms with van der Waals surface area (Å²) in [6, 6.07) is 12.8. The fourth-order valence-corrected chi connectivity index (χ4v) is 4.29. The van der Waals surface area contributed by atoms with Gasteiger partial charge in [0, 0.05) is 0 Å². The predicted molar refractivity (Wildman–Crippen MR) is 114 cm³/mol. The smallest absolute Gasteiger partial charge is 0.244 e. The molecule has 0 saturated carbocycles. The van der Waals surface area contributed by atoms with Crippen molar-refractivity contribution in [3.8, 4) is 11.5 Å². The van der Waals surface area contributed by atoms with Crippen molar-refractivity contribution in [2.45, 2.75) is 32.4 Å². The largest absolute Gasteiger partial charge is 0.497 e. The molecule has 0 saturated heterocycles. The van der Waals surface area contributed by atoms with Crippen LogP contribution in [0, 0.1) is 0 Å². The summed E-state index contributed by atoms with van der Waals surface area (Å²) in [4.78, 5) is 13.0. The minimum atomic E-state index is -3.69. The Morgan fingerprint density at radius 1 is 1.00 bits per heavy atom. The van der Waals surface area contributed by atoms with Gasteiger partial charge in [-0.15, -0.1) is 0 Å². The summed E-state index contributed by atoms with van der Waals surface area (Å²) in [6.07, 6.45) is 1.42. The molecule has 0 aromatic heterocycles. The van der Waals surface area contributed by atoms with Gasteiger partial charge in [-0.3, -0.25) is 9.10 Å². The molecule has 0 aliphatic heterocycles. The molecule has 0 radical (unpaired) electrons. The van der Waals surface area contributed by atoms with Gasteiger partial charge in [-0.25, -0.2) is 8.42 Å². The van der Waals surface area contributed by atoms with E-state index in [9.17, 15) is 13.2 Å². The van der Waals surface area contributed by atoms with Crippen molar-refractivity contribution < 1.29 is 22.7 Å². The number of nitrogens with zero attached hydrogens (tertiary/aromatic N) is 1. The molecule has 0 aliphatic carbocycles. The maximum Gasteiger partial charge on any atom is 0.244 e. The standard InChI is InChI=1S/C21H28N2O5S/c1-6-20(21(24)22-15(2)16-7-11-18(27-3)12-8-16)23(29(5,25)26)17-9-13-19(28-4)14-10-17/h7-15,20H,6H2,1-5H3,(H,22,24). The van der Waals surface area contributed by atoms with Crippen molar-refractivity contribution in [2.24, 2.45) is 0 Å². The molecule has 1 amide bonds. The van der Waals surface area contributed by atoms with Gasteiger partial charge in [0.15, 0.2) is 0 Å². The average Bonchev–Trinajstić information content (AvgIpc) is 2.71. The zero-order chi connectivity index (χ0) is 21.6. The van der Waals surface area contributed by atoms with Crippen molar-refractivity contribution in [2.75, 3.05) is 24.8 Å². The van der Waals surface area contributed by atoms with E-state index in [1.165, 1.54) is 7.11 Å². The number of carbonyl (C=O) groups is 1. The summed E-state index contributed by atoms with van der Waals surface area (Å²) >= 11 is 0. The van der Waals surface area contributed by atoms with Crippen molar-refractivity contribution in [3.63, 3.8) is 0 Å². The van der Waals surface area contributed by atoms with Crippen LogP contribution in [0.3, 0.4) is 0 Å². The Morgan fingerprint density at radius 3 is 1.90 bits per heavy atom. The van der Waals surface area contributed by atoms with Gasteiger partial charge in [-0.05, 0) is 55.3 Å². The second-order valence-corrected chi connectivity index (χ2v) is 8.54. The highest BCUT2D eigenvalue weighted by molar-refractivity contribution is 7.92. The highest BCUT2D eigenvalue weighted by Crippen LogP contribution is 2.26. The van der Waals surface area contributed by atoms with Crippen molar-refractivity contribution in [3.05, 3.63) is 54.1 Å². The monoisotopic (exact) mass is 420 g/mol. The quantitative estimate of drug-likeness (QED) is 0.674. The molecule has 2 unspecified atom stereocenters. The fourth-order valence-electron chi connectivity index (χ4n) is 3.07. The average molecular weight is 421 g/mol. The molecule has 0 fully saturated rings. The van der Waals surface area contributed by atoms with E-state index in [2.05, 4.69) is 5.32 Å². The van der Waals surface area contributed by atoms with Crippen LogP contribution in [0.15, 0.2) is 48.5 Å². The first-order chi connectivity index (χ1) is 13.7. The van der Waals surface area contributed by atoms with Crippen LogP contribution >= 0.6 is 0 Å². The molecular weight excluding hydrogens is 392 g/mol. The normalized spacial score (nSPS) is 13.3. The summed E-state index contributed by atoms with van der Waals surface area (Å²) in [7, 11) is -0.566. The summed E-state index contributed by atoms with van der Waals surface area (Å²) in [6.45, 7) is 3.63. The molecule has 0 spiro atoms. The molecule has 0 bridgehead atoms. The molecule has 0 heterocycles. The number of nitrogens with one attached hydrogen (secondary N) is 1. The lowest BCUT2D eigenvalue weighted by Crippen LogP contribution is -2.49. The second kappa shape index (κ2) is 9.65. The Balaban J connectivity index is 2.26. The van der Waals surface area contributed by atoms with Crippen molar-refractivity contribution in [1.29, 1.82) is 0 Å². The zero-order valence-corrected chi connectivity index (χ0v) is 18.2. The van der Waals surface area contributed by atoms with E-state index in [0.29, 0.717) is 17.9 Å². The first kappa shape index (κ1) is 22.5. The second-order valence-electron chi connectivity index (χ2n) is 6.68. The summed E-state index contributed by atoms with van der Waals surface area (Å²) in [5.41, 5.74) is 1.30. The predicted octanol–water partition coefficient (Wildman–Crippen LogP) is 3.13. The zero-order valence-electron chi connectivity index (χ0n) is 17.4. The van der Waals surface area contributed by atoms with Gasteiger partial charge < -0.3 is 14.8 Å². The van der Waals surface area contributed by atoms with Crippen LogP contribution in [0.1, 0.15) is 31.9 Å². The topological polar surface area (TPSA) is 84.9 Å². The number of sulfonamides is 1. The summed E-state index contributed by atoms with van der Waals surface area (Å²) in [5.74, 6) is 0.964. The third-order valence-corrected chi connectivity index (χ3v) is 5.81. The minimum Gasteiger partial charge on any atom is -0.497 e. The lowest BCUT2D eigenvalue weighted by molar-refractivity contribution is -0.122. The molecule has 2 aromatic rings. The van der Waals surface area contributed by atoms with Gasteiger partial charge in [-0.1, -0.05) is 19.1 Å². The highest BCUT2D eigenvalue weighted by atomic mass is 32.2. The number of hydrogen-bond acceptors (Lipinski definition) is 5. The Morgan fingerprint density at radius 2 is 1.48 bits per heavy atom. The molecule has 1 N–H and O–H groups in total. The van der Waals surface area contributed by atoms with Gasteiger partial charge in [0.25, 0.3) is 0 Å².